The van der Waals surface area contributed by atoms with Crippen LogP contribution in [0.4, 0.5) is 10.5 Å². The Morgan fingerprint density at radius 3 is 2.42 bits per heavy atom. The van der Waals surface area contributed by atoms with Crippen molar-refractivity contribution in [1.82, 2.24) is 30.4 Å². The molecule has 4 aliphatic heterocycles. The number of ether oxygens (including phenoxy) is 5. The van der Waals surface area contributed by atoms with Crippen LogP contribution in [0.1, 0.15) is 65.5 Å². The third kappa shape index (κ3) is 11.7. The number of unbranched alkanes of at least 4 members (excludes halogenated alkanes) is 2. The number of aromatic amines is 1. The number of aliphatic hydroxyl groups is 6. The first-order chi connectivity index (χ1) is 34.5. The van der Waals surface area contributed by atoms with E-state index in [4.69, 9.17) is 23.7 Å². The molecule has 3 aromatic rings. The molecule has 0 spiro atoms. The number of carboxylic acids is 1. The maximum absolute atomic E-state index is 14.3. The number of imide groups is 1. The smallest absolute Gasteiger partial charge is 0.416 e. The van der Waals surface area contributed by atoms with Gasteiger partial charge in [0, 0.05) is 61.8 Å². The van der Waals surface area contributed by atoms with Gasteiger partial charge in [-0.25, -0.2) is 19.5 Å². The van der Waals surface area contributed by atoms with Gasteiger partial charge < -0.3 is 74.6 Å². The van der Waals surface area contributed by atoms with Crippen LogP contribution in [0.25, 0.3) is 0 Å². The fourth-order valence-corrected chi connectivity index (χ4v) is 8.65. The third-order valence-electron chi connectivity index (χ3n) is 12.4. The zero-order chi connectivity index (χ0) is 51.8. The van der Waals surface area contributed by atoms with E-state index >= 15 is 0 Å². The second-order valence-corrected chi connectivity index (χ2v) is 17.3. The van der Waals surface area contributed by atoms with Crippen molar-refractivity contribution in [2.45, 2.75) is 100 Å². The number of rotatable bonds is 22. The van der Waals surface area contributed by atoms with Gasteiger partial charge in [0.25, 0.3) is 17.7 Å². The fraction of sp³-hybridized carbons (Fsp3) is 0.468. The molecule has 2 saturated heterocycles. The van der Waals surface area contributed by atoms with Crippen molar-refractivity contribution in [3.05, 3.63) is 89.5 Å². The Labute approximate surface area is 411 Å². The number of hydrogen-bond donors (Lipinski definition) is 10. The fourth-order valence-electron chi connectivity index (χ4n) is 8.65. The van der Waals surface area contributed by atoms with Gasteiger partial charge in [0.05, 0.1) is 37.3 Å². The Balaban J connectivity index is 1.09. The van der Waals surface area contributed by atoms with Crippen LogP contribution in [0.5, 0.6) is 17.2 Å². The van der Waals surface area contributed by atoms with Gasteiger partial charge in [-0.1, -0.05) is 18.2 Å². The van der Waals surface area contributed by atoms with Crippen LogP contribution in [0.2, 0.25) is 0 Å². The molecule has 5 amide bonds. The van der Waals surface area contributed by atoms with E-state index in [0.29, 0.717) is 30.5 Å². The lowest BCUT2D eigenvalue weighted by Crippen LogP contribution is -2.61. The van der Waals surface area contributed by atoms with Crippen LogP contribution >= 0.6 is 0 Å². The number of anilines is 1. The lowest BCUT2D eigenvalue weighted by Gasteiger charge is -2.38. The summed E-state index contributed by atoms with van der Waals surface area (Å²) in [5, 5.41) is 79.2. The van der Waals surface area contributed by atoms with Gasteiger partial charge in [0.2, 0.25) is 12.2 Å². The minimum atomic E-state index is -2.03. The molecule has 4 aliphatic rings. The molecule has 0 saturated carbocycles. The average Bonchev–Trinajstić information content (AvgIpc) is 4.11. The highest BCUT2D eigenvalue weighted by Gasteiger charge is 2.49. The molecule has 0 aliphatic carbocycles. The SMILES string of the molecule is C=C1C[C@H]2C(O)N(C(=O)OCc3ccc(O[C@@H]4O[C@H](C(=O)O)[C@@H](O)[C@H](O)[C@H]4O)c(C(O)NCCCNC(=O)[C@H](Cc4cnc[nH]4)N4C(=O)C=CC4=O)c3)c3cc(OCCCCCO)c(OC)cc3C(=O)N2C1. The molecule has 0 radical (unpaired) electrons. The number of fused-ring (bicyclic) bond motifs is 2. The largest absolute Gasteiger partial charge is 0.493 e. The number of amides is 5. The molecule has 72 heavy (non-hydrogen) atoms. The standard InChI is InChI=1S/C47H57N7O18/c1-24-15-31-44(64)54(29-19-34(69-14-5-3-4-13-55)33(68-2)18-27(29)43(63)52(31)21-24)47(67)70-22-25-7-8-32(71-46-39(60)37(58)38(59)40(72-46)45(65)66)28(16-25)41(61)49-11-6-12-50-42(62)30(17-26-20-48-23-51-26)53-35(56)9-10-36(53)57/h7-10,16,18-20,23,30-31,37-41,44,46,49,55,58-61,64H,1,3-6,11-15,17,21-22H2,2H3,(H,48,51)(H,50,62)(H,65,66)/t30-,31-,37-,38-,39+,40-,41?,44?,46+/m0/s1. The summed E-state index contributed by atoms with van der Waals surface area (Å²) in [5.41, 5.74) is 1.22. The number of nitrogens with zero attached hydrogens (tertiary/aromatic N) is 4. The van der Waals surface area contributed by atoms with Gasteiger partial charge in [-0.2, -0.15) is 0 Å². The number of carboxylic acid groups (broad SMARTS) is 1. The Morgan fingerprint density at radius 2 is 1.72 bits per heavy atom. The second kappa shape index (κ2) is 23.5. The highest BCUT2D eigenvalue weighted by atomic mass is 16.7. The number of aliphatic carboxylic acids is 1. The summed E-state index contributed by atoms with van der Waals surface area (Å²) >= 11 is 0. The molecular weight excluding hydrogens is 951 g/mol. The third-order valence-corrected chi connectivity index (χ3v) is 12.4. The summed E-state index contributed by atoms with van der Waals surface area (Å²) in [4.78, 5) is 88.5. The van der Waals surface area contributed by atoms with E-state index in [1.807, 2.05) is 0 Å². The highest BCUT2D eigenvalue weighted by molar-refractivity contribution is 6.15. The van der Waals surface area contributed by atoms with Crippen molar-refractivity contribution in [2.75, 3.05) is 44.9 Å². The van der Waals surface area contributed by atoms with Crippen molar-refractivity contribution in [1.29, 1.82) is 0 Å². The maximum Gasteiger partial charge on any atom is 0.416 e. The minimum absolute atomic E-state index is 0.00225. The van der Waals surface area contributed by atoms with Crippen molar-refractivity contribution in [3.63, 3.8) is 0 Å². The number of aliphatic hydroxyl groups excluding tert-OH is 6. The number of carbonyl (C=O) groups is 6. The van der Waals surface area contributed by atoms with Crippen molar-refractivity contribution >= 4 is 41.4 Å². The first-order valence-corrected chi connectivity index (χ1v) is 23.0. The molecule has 2 fully saturated rings. The first-order valence-electron chi connectivity index (χ1n) is 23.0. The Kier molecular flexibility index (Phi) is 17.3. The van der Waals surface area contributed by atoms with E-state index in [1.165, 1.54) is 54.9 Å². The first kappa shape index (κ1) is 52.8. The van der Waals surface area contributed by atoms with Crippen LogP contribution in [0, 0.1) is 0 Å². The molecule has 10 N–H and O–H groups in total. The lowest BCUT2D eigenvalue weighted by atomic mass is 9.99. The molecule has 2 unspecified atom stereocenters. The molecule has 25 heteroatoms. The van der Waals surface area contributed by atoms with Gasteiger partial charge >= 0.3 is 12.1 Å². The summed E-state index contributed by atoms with van der Waals surface area (Å²) in [7, 11) is 1.38. The molecular formula is C47H57N7O18. The number of imidazole rings is 1. The molecule has 2 aromatic carbocycles. The Bertz CT molecular complexity index is 2510. The predicted octanol–water partition coefficient (Wildman–Crippen LogP) is -0.900. The zero-order valence-electron chi connectivity index (χ0n) is 39.0. The number of benzene rings is 2. The van der Waals surface area contributed by atoms with Gasteiger partial charge in [-0.15, -0.1) is 0 Å². The molecule has 25 nitrogen and oxygen atoms in total. The van der Waals surface area contributed by atoms with Crippen molar-refractivity contribution < 1.29 is 88.2 Å². The number of nitrogens with one attached hydrogen (secondary N) is 3. The van der Waals surface area contributed by atoms with E-state index in [0.717, 1.165) is 22.0 Å². The summed E-state index contributed by atoms with van der Waals surface area (Å²) in [6.45, 7) is 3.80. The van der Waals surface area contributed by atoms with Gasteiger partial charge in [-0.05, 0) is 62.4 Å². The van der Waals surface area contributed by atoms with E-state index in [1.54, 1.807) is 0 Å². The number of aromatic nitrogens is 2. The predicted molar refractivity (Wildman–Crippen MR) is 246 cm³/mol. The van der Waals surface area contributed by atoms with Crippen LogP contribution in [-0.2, 0) is 41.7 Å². The summed E-state index contributed by atoms with van der Waals surface area (Å²) in [5.74, 6) is -4.01. The quantitative estimate of drug-likeness (QED) is 0.0252. The zero-order valence-corrected chi connectivity index (χ0v) is 39.0. The van der Waals surface area contributed by atoms with Crippen molar-refractivity contribution in [3.8, 4) is 17.2 Å². The van der Waals surface area contributed by atoms with Gasteiger partial charge in [0.15, 0.2) is 23.8 Å². The van der Waals surface area contributed by atoms with E-state index in [2.05, 4.69) is 27.2 Å². The molecule has 1 aromatic heterocycles. The summed E-state index contributed by atoms with van der Waals surface area (Å²) in [6.07, 6.45) is -7.24. The normalized spacial score (nSPS) is 23.6. The lowest BCUT2D eigenvalue weighted by molar-refractivity contribution is -0.271. The number of hydrogen-bond acceptors (Lipinski definition) is 19. The van der Waals surface area contributed by atoms with E-state index in [9.17, 15) is 64.5 Å². The van der Waals surface area contributed by atoms with Crippen molar-refractivity contribution in [2.24, 2.45) is 0 Å². The van der Waals surface area contributed by atoms with Crippen LogP contribution in [0.15, 0.2) is 67.2 Å². The van der Waals surface area contributed by atoms with Crippen LogP contribution in [0.3, 0.4) is 0 Å². The Morgan fingerprint density at radius 1 is 0.958 bits per heavy atom. The summed E-state index contributed by atoms with van der Waals surface area (Å²) in [6, 6.07) is 4.69. The second-order valence-electron chi connectivity index (χ2n) is 17.3. The molecule has 0 bridgehead atoms. The molecule has 388 valence electrons. The maximum atomic E-state index is 14.3. The summed E-state index contributed by atoms with van der Waals surface area (Å²) < 4.78 is 28.5. The van der Waals surface area contributed by atoms with Gasteiger partial charge in [0.1, 0.15) is 42.9 Å². The van der Waals surface area contributed by atoms with Gasteiger partial charge in [-0.3, -0.25) is 29.4 Å². The molecule has 9 atom stereocenters. The number of carbonyl (C=O) groups excluding carboxylic acids is 5. The molecule has 5 heterocycles. The van der Waals surface area contributed by atoms with Crippen LogP contribution < -0.4 is 29.7 Å². The number of methoxy groups -OCH3 is 1. The van der Waals surface area contributed by atoms with Crippen LogP contribution in [-0.4, -0.2) is 180 Å². The minimum Gasteiger partial charge on any atom is -0.493 e. The van der Waals surface area contributed by atoms with E-state index < -0.39 is 97.5 Å². The molecule has 7 rings (SSSR count). The Hall–Kier alpha value is -6.97. The monoisotopic (exact) mass is 1010 g/mol. The number of H-pyrrole nitrogens is 1. The van der Waals surface area contributed by atoms with E-state index in [-0.39, 0.29) is 91.7 Å². The highest BCUT2D eigenvalue weighted by Crippen LogP contribution is 2.42. The topological polar surface area (TPSA) is 353 Å². The average molecular weight is 1010 g/mol.